The Balaban J connectivity index is 2.70. The molecule has 1 aromatic rings. The van der Waals surface area contributed by atoms with Crippen molar-refractivity contribution in [2.75, 3.05) is 27.7 Å². The number of nitrogens with zero attached hydrogens (tertiary/aromatic N) is 1. The van der Waals surface area contributed by atoms with Crippen molar-refractivity contribution in [1.29, 1.82) is 0 Å². The van der Waals surface area contributed by atoms with Gasteiger partial charge in [-0.2, -0.15) is 0 Å². The van der Waals surface area contributed by atoms with Crippen LogP contribution in [-0.2, 0) is 0 Å². The fourth-order valence-corrected chi connectivity index (χ4v) is 1.60. The van der Waals surface area contributed by atoms with E-state index in [1.165, 1.54) is 6.07 Å². The van der Waals surface area contributed by atoms with Crippen LogP contribution in [0.25, 0.3) is 0 Å². The van der Waals surface area contributed by atoms with Gasteiger partial charge in [-0.05, 0) is 40.2 Å². The van der Waals surface area contributed by atoms with Gasteiger partial charge in [0.1, 0.15) is 5.82 Å². The molecular weight excluding hydrogens is 191 g/mol. The molecule has 1 rings (SSSR count). The van der Waals surface area contributed by atoms with E-state index in [-0.39, 0.29) is 11.9 Å². The van der Waals surface area contributed by atoms with Crippen molar-refractivity contribution >= 4 is 0 Å². The van der Waals surface area contributed by atoms with E-state index >= 15 is 0 Å². The number of halogens is 1. The molecule has 0 aliphatic carbocycles. The van der Waals surface area contributed by atoms with Gasteiger partial charge in [0, 0.05) is 11.6 Å². The first-order valence-electron chi connectivity index (χ1n) is 5.21. The standard InChI is InChI=1S/C12H19FN2/c1-14-12(8-9-15(2)3)10-6-4-5-7-11(10)13/h4-7,12,14H,8-9H2,1-3H3. The maximum atomic E-state index is 13.5. The van der Waals surface area contributed by atoms with E-state index in [0.29, 0.717) is 0 Å². The van der Waals surface area contributed by atoms with Gasteiger partial charge in [0.2, 0.25) is 0 Å². The molecule has 15 heavy (non-hydrogen) atoms. The molecular formula is C12H19FN2. The van der Waals surface area contributed by atoms with E-state index in [1.807, 2.05) is 33.3 Å². The highest BCUT2D eigenvalue weighted by atomic mass is 19.1. The summed E-state index contributed by atoms with van der Waals surface area (Å²) in [4.78, 5) is 2.10. The maximum Gasteiger partial charge on any atom is 0.127 e. The van der Waals surface area contributed by atoms with Crippen LogP contribution in [0.4, 0.5) is 4.39 Å². The second-order valence-corrected chi connectivity index (χ2v) is 3.95. The Morgan fingerprint density at radius 3 is 2.53 bits per heavy atom. The molecule has 1 aromatic carbocycles. The van der Waals surface area contributed by atoms with Crippen LogP contribution >= 0.6 is 0 Å². The van der Waals surface area contributed by atoms with Crippen molar-refractivity contribution in [2.24, 2.45) is 0 Å². The summed E-state index contributed by atoms with van der Waals surface area (Å²) < 4.78 is 13.5. The van der Waals surface area contributed by atoms with E-state index in [4.69, 9.17) is 0 Å². The quantitative estimate of drug-likeness (QED) is 0.800. The van der Waals surface area contributed by atoms with Crippen LogP contribution in [0.3, 0.4) is 0 Å². The zero-order valence-corrected chi connectivity index (χ0v) is 9.63. The molecule has 0 saturated heterocycles. The van der Waals surface area contributed by atoms with Crippen LogP contribution in [0.15, 0.2) is 24.3 Å². The van der Waals surface area contributed by atoms with Crippen molar-refractivity contribution in [3.05, 3.63) is 35.6 Å². The minimum atomic E-state index is -0.129. The Kier molecular flexibility index (Phi) is 4.72. The topological polar surface area (TPSA) is 15.3 Å². The predicted octanol–water partition coefficient (Wildman–Crippen LogP) is 2.04. The van der Waals surface area contributed by atoms with Crippen LogP contribution in [0, 0.1) is 5.82 Å². The molecule has 0 heterocycles. The van der Waals surface area contributed by atoms with Crippen molar-refractivity contribution in [3.63, 3.8) is 0 Å². The predicted molar refractivity (Wildman–Crippen MR) is 61.4 cm³/mol. The Hall–Kier alpha value is -0.930. The van der Waals surface area contributed by atoms with E-state index in [9.17, 15) is 4.39 Å². The van der Waals surface area contributed by atoms with Gasteiger partial charge in [-0.3, -0.25) is 0 Å². The summed E-state index contributed by atoms with van der Waals surface area (Å²) in [6, 6.07) is 7.03. The monoisotopic (exact) mass is 210 g/mol. The molecule has 0 aliphatic heterocycles. The van der Waals surface area contributed by atoms with Gasteiger partial charge in [-0.1, -0.05) is 18.2 Å². The van der Waals surface area contributed by atoms with Gasteiger partial charge >= 0.3 is 0 Å². The molecule has 2 nitrogen and oxygen atoms in total. The van der Waals surface area contributed by atoms with Gasteiger partial charge in [-0.25, -0.2) is 4.39 Å². The first-order valence-corrected chi connectivity index (χ1v) is 5.21. The van der Waals surface area contributed by atoms with E-state index in [1.54, 1.807) is 6.07 Å². The van der Waals surface area contributed by atoms with Crippen LogP contribution < -0.4 is 5.32 Å². The van der Waals surface area contributed by atoms with Crippen LogP contribution in [0.5, 0.6) is 0 Å². The lowest BCUT2D eigenvalue weighted by atomic mass is 10.0. The molecule has 0 saturated carbocycles. The van der Waals surface area contributed by atoms with Gasteiger partial charge in [-0.15, -0.1) is 0 Å². The minimum Gasteiger partial charge on any atom is -0.313 e. The molecule has 1 unspecified atom stereocenters. The first kappa shape index (κ1) is 12.1. The number of hydrogen-bond acceptors (Lipinski definition) is 2. The van der Waals surface area contributed by atoms with Gasteiger partial charge in [0.25, 0.3) is 0 Å². The minimum absolute atomic E-state index is 0.0913. The normalized spacial score (nSPS) is 13.1. The molecule has 0 bridgehead atoms. The lowest BCUT2D eigenvalue weighted by molar-refractivity contribution is 0.364. The lowest BCUT2D eigenvalue weighted by Crippen LogP contribution is -2.23. The lowest BCUT2D eigenvalue weighted by Gasteiger charge is -2.19. The third kappa shape index (κ3) is 3.61. The highest BCUT2D eigenvalue weighted by Crippen LogP contribution is 2.19. The molecule has 0 aromatic heterocycles. The Morgan fingerprint density at radius 1 is 1.33 bits per heavy atom. The van der Waals surface area contributed by atoms with Crippen molar-refractivity contribution < 1.29 is 4.39 Å². The SMILES string of the molecule is CNC(CCN(C)C)c1ccccc1F. The molecule has 1 N–H and O–H groups in total. The molecule has 1 atom stereocenters. The summed E-state index contributed by atoms with van der Waals surface area (Å²) in [6.45, 7) is 0.944. The van der Waals surface area contributed by atoms with Gasteiger partial charge in [0.05, 0.1) is 0 Å². The zero-order valence-electron chi connectivity index (χ0n) is 9.63. The molecule has 0 fully saturated rings. The Morgan fingerprint density at radius 2 is 2.00 bits per heavy atom. The first-order chi connectivity index (χ1) is 7.15. The summed E-state index contributed by atoms with van der Waals surface area (Å²) in [5.41, 5.74) is 0.752. The smallest absolute Gasteiger partial charge is 0.127 e. The zero-order chi connectivity index (χ0) is 11.3. The van der Waals surface area contributed by atoms with Crippen molar-refractivity contribution in [2.45, 2.75) is 12.5 Å². The van der Waals surface area contributed by atoms with E-state index in [0.717, 1.165) is 18.5 Å². The molecule has 0 radical (unpaired) electrons. The molecule has 0 amide bonds. The maximum absolute atomic E-state index is 13.5. The number of rotatable bonds is 5. The summed E-state index contributed by atoms with van der Waals surface area (Å²) >= 11 is 0. The average Bonchev–Trinajstić information content (AvgIpc) is 2.21. The van der Waals surface area contributed by atoms with E-state index in [2.05, 4.69) is 10.2 Å². The van der Waals surface area contributed by atoms with Crippen LogP contribution in [0.2, 0.25) is 0 Å². The fourth-order valence-electron chi connectivity index (χ4n) is 1.60. The van der Waals surface area contributed by atoms with E-state index < -0.39 is 0 Å². The van der Waals surface area contributed by atoms with Crippen molar-refractivity contribution in [3.8, 4) is 0 Å². The number of nitrogens with one attached hydrogen (secondary N) is 1. The molecule has 3 heteroatoms. The number of benzene rings is 1. The number of hydrogen-bond donors (Lipinski definition) is 1. The van der Waals surface area contributed by atoms with Crippen LogP contribution in [0.1, 0.15) is 18.0 Å². The van der Waals surface area contributed by atoms with Gasteiger partial charge in [0.15, 0.2) is 0 Å². The fraction of sp³-hybridized carbons (Fsp3) is 0.500. The largest absolute Gasteiger partial charge is 0.313 e. The second-order valence-electron chi connectivity index (χ2n) is 3.95. The summed E-state index contributed by atoms with van der Waals surface area (Å²) in [5.74, 6) is -0.129. The third-order valence-corrected chi connectivity index (χ3v) is 2.49. The van der Waals surface area contributed by atoms with Crippen molar-refractivity contribution in [1.82, 2.24) is 10.2 Å². The summed E-state index contributed by atoms with van der Waals surface area (Å²) in [5, 5.41) is 3.15. The highest BCUT2D eigenvalue weighted by Gasteiger charge is 2.12. The summed E-state index contributed by atoms with van der Waals surface area (Å²) in [7, 11) is 5.91. The molecule has 0 spiro atoms. The third-order valence-electron chi connectivity index (χ3n) is 2.49. The second kappa shape index (κ2) is 5.83. The average molecular weight is 210 g/mol. The Bertz CT molecular complexity index is 299. The highest BCUT2D eigenvalue weighted by molar-refractivity contribution is 5.21. The molecule has 84 valence electrons. The Labute approximate surface area is 91.1 Å². The summed E-state index contributed by atoms with van der Waals surface area (Å²) in [6.07, 6.45) is 0.907. The van der Waals surface area contributed by atoms with Gasteiger partial charge < -0.3 is 10.2 Å². The molecule has 0 aliphatic rings. The van der Waals surface area contributed by atoms with Crippen LogP contribution in [-0.4, -0.2) is 32.6 Å².